The Morgan fingerprint density at radius 3 is 1.77 bits per heavy atom. The Balaban J connectivity index is 0.956. The van der Waals surface area contributed by atoms with Gasteiger partial charge in [-0.25, -0.2) is 4.79 Å². The Morgan fingerprint density at radius 1 is 0.603 bits per heavy atom. The van der Waals surface area contributed by atoms with Gasteiger partial charge in [0, 0.05) is 10.8 Å². The first-order valence-corrected chi connectivity index (χ1v) is 26.2. The molecule has 73 heavy (non-hydrogen) atoms. The van der Waals surface area contributed by atoms with E-state index in [0.29, 0.717) is 32.1 Å². The molecule has 9 rings (SSSR count). The van der Waals surface area contributed by atoms with Gasteiger partial charge in [-0.15, -0.1) is 0 Å². The molecule has 4 aliphatic heterocycles. The summed E-state index contributed by atoms with van der Waals surface area (Å²) in [7, 11) is 0. The molecule has 4 saturated carbocycles. The van der Waals surface area contributed by atoms with E-state index < -0.39 is 152 Å². The van der Waals surface area contributed by atoms with Crippen LogP contribution < -0.4 is 0 Å². The molecule has 0 spiro atoms. The highest BCUT2D eigenvalue weighted by molar-refractivity contribution is 5.73. The minimum atomic E-state index is -1.98. The second-order valence-electron chi connectivity index (χ2n) is 25.1. The number of fused-ring (bicyclic) bond motifs is 7. The largest absolute Gasteiger partial charge is 0.479 e. The summed E-state index contributed by atoms with van der Waals surface area (Å²) in [6.45, 7) is 13.8. The monoisotopic (exact) mass is 1050 g/mol. The molecular formula is C51H82O22. The van der Waals surface area contributed by atoms with Crippen LogP contribution in [0.3, 0.4) is 0 Å². The summed E-state index contributed by atoms with van der Waals surface area (Å²) in [6, 6.07) is 0. The van der Waals surface area contributed by atoms with Gasteiger partial charge in [0.1, 0.15) is 73.2 Å². The fourth-order valence-corrected chi connectivity index (χ4v) is 15.9. The van der Waals surface area contributed by atoms with Gasteiger partial charge in [0.25, 0.3) is 0 Å². The summed E-state index contributed by atoms with van der Waals surface area (Å²) in [6.07, 6.45) is -22.3. The zero-order valence-electron chi connectivity index (χ0n) is 42.8. The van der Waals surface area contributed by atoms with Crippen LogP contribution in [-0.4, -0.2) is 222 Å². The van der Waals surface area contributed by atoms with Gasteiger partial charge in [-0.05, 0) is 90.8 Å². The zero-order chi connectivity index (χ0) is 53.3. The molecule has 4 heterocycles. The highest BCUT2D eigenvalue weighted by atomic mass is 16.8. The fraction of sp³-hybridized carbons (Fsp3) is 0.941. The number of carbonyl (C=O) groups is 1. The van der Waals surface area contributed by atoms with Crippen LogP contribution in [0.2, 0.25) is 0 Å². The average molecular weight is 1050 g/mol. The summed E-state index contributed by atoms with van der Waals surface area (Å²) >= 11 is 0. The van der Waals surface area contributed by atoms with Crippen LogP contribution >= 0.6 is 0 Å². The van der Waals surface area contributed by atoms with Crippen molar-refractivity contribution in [3.8, 4) is 0 Å². The van der Waals surface area contributed by atoms with Crippen molar-refractivity contribution in [3.63, 3.8) is 0 Å². The van der Waals surface area contributed by atoms with Crippen molar-refractivity contribution in [3.05, 3.63) is 11.6 Å². The van der Waals surface area contributed by atoms with Gasteiger partial charge >= 0.3 is 5.97 Å². The van der Waals surface area contributed by atoms with E-state index in [9.17, 15) is 71.2 Å². The Labute approximate surface area is 425 Å². The molecule has 0 radical (unpaired) electrons. The van der Waals surface area contributed by atoms with Gasteiger partial charge in [-0.3, -0.25) is 0 Å². The first-order chi connectivity index (χ1) is 34.1. The molecule has 8 fully saturated rings. The molecule has 5 aliphatic carbocycles. The second kappa shape index (κ2) is 19.9. The molecule has 0 amide bonds. The molecular weight excluding hydrogens is 965 g/mol. The summed E-state index contributed by atoms with van der Waals surface area (Å²) in [5.74, 6) is -1.62. The maximum Gasteiger partial charge on any atom is 0.335 e. The number of aliphatic hydroxyl groups is 12. The van der Waals surface area contributed by atoms with E-state index in [1.807, 2.05) is 20.8 Å². The van der Waals surface area contributed by atoms with Crippen LogP contribution in [0.5, 0.6) is 0 Å². The molecule has 0 aromatic rings. The van der Waals surface area contributed by atoms with Crippen LogP contribution in [0.25, 0.3) is 0 Å². The van der Waals surface area contributed by atoms with Crippen molar-refractivity contribution in [2.75, 3.05) is 26.4 Å². The maximum atomic E-state index is 12.3. The van der Waals surface area contributed by atoms with E-state index in [1.54, 1.807) is 0 Å². The molecule has 13 N–H and O–H groups in total. The summed E-state index contributed by atoms with van der Waals surface area (Å²) in [5, 5.41) is 140. The standard InChI is InChI=1S/C51H82O22/c1-46(2)16-22-21-8-9-27-48(4)12-11-28(69-45-38(32(59)31(58)37(71-45)41(64)65)72-43-34(61)30(57)24(54)18-67-43)49(5,20-52)26(48)10-13-51(27,7)50(21,6)15-14-47(22,3)40(39(46)63)73-44-35(62)36(25(55)19-68-44)70-42-33(60)29(56)23(53)17-66-42/h8,22-40,42-45,52-63H,9-20H2,1-7H3,(H,64,65)/t22?,23-,24+,25-,26?,27?,28?,29+,30+,31+,32+,33-,34-,35-,36+,37+,38-,39+,40-,42+,43+,44+,45-,47-,48+,49-,50?,51-/m1/s1. The average Bonchev–Trinajstić information content (AvgIpc) is 3.33. The van der Waals surface area contributed by atoms with Crippen molar-refractivity contribution in [2.45, 2.75) is 223 Å². The van der Waals surface area contributed by atoms with E-state index in [-0.39, 0.29) is 53.8 Å². The summed E-state index contributed by atoms with van der Waals surface area (Å²) < 4.78 is 47.8. The number of allylic oxidation sites excluding steroid dienone is 2. The quantitative estimate of drug-likeness (QED) is 0.0865. The molecule has 22 nitrogen and oxygen atoms in total. The third-order valence-corrected chi connectivity index (χ3v) is 20.7. The first kappa shape index (κ1) is 56.1. The van der Waals surface area contributed by atoms with Gasteiger partial charge in [0.2, 0.25) is 0 Å². The molecule has 418 valence electrons. The summed E-state index contributed by atoms with van der Waals surface area (Å²) in [4.78, 5) is 12.3. The highest BCUT2D eigenvalue weighted by Gasteiger charge is 2.71. The normalized spacial score (nSPS) is 56.0. The van der Waals surface area contributed by atoms with Gasteiger partial charge in [0.05, 0.1) is 44.7 Å². The number of hydrogen-bond acceptors (Lipinski definition) is 21. The molecule has 0 aromatic heterocycles. The first-order valence-electron chi connectivity index (χ1n) is 26.2. The Kier molecular flexibility index (Phi) is 15.3. The molecule has 28 atom stereocenters. The zero-order valence-corrected chi connectivity index (χ0v) is 42.8. The van der Waals surface area contributed by atoms with E-state index >= 15 is 0 Å². The molecule has 22 heteroatoms. The smallest absolute Gasteiger partial charge is 0.335 e. The van der Waals surface area contributed by atoms with E-state index in [4.69, 9.17) is 37.9 Å². The van der Waals surface area contributed by atoms with E-state index in [0.717, 1.165) is 19.3 Å². The van der Waals surface area contributed by atoms with Crippen LogP contribution in [0.15, 0.2) is 11.6 Å². The number of carboxylic acid groups (broad SMARTS) is 1. The predicted molar refractivity (Wildman–Crippen MR) is 248 cm³/mol. The minimum Gasteiger partial charge on any atom is -0.479 e. The third-order valence-electron chi connectivity index (χ3n) is 20.7. The van der Waals surface area contributed by atoms with Crippen LogP contribution in [0.1, 0.15) is 99.8 Å². The van der Waals surface area contributed by atoms with Crippen LogP contribution in [-0.2, 0) is 42.7 Å². The Bertz CT molecular complexity index is 2030. The number of ether oxygens (including phenoxy) is 8. The number of carboxylic acids is 1. The lowest BCUT2D eigenvalue weighted by Crippen LogP contribution is -2.69. The lowest BCUT2D eigenvalue weighted by atomic mass is 9.33. The Hall–Kier alpha value is -1.59. The van der Waals surface area contributed by atoms with Crippen molar-refractivity contribution < 1.29 is 109 Å². The molecule has 4 saturated heterocycles. The van der Waals surface area contributed by atoms with Gasteiger partial charge in [-0.2, -0.15) is 0 Å². The number of hydrogen-bond donors (Lipinski definition) is 13. The predicted octanol–water partition coefficient (Wildman–Crippen LogP) is -1.61. The van der Waals surface area contributed by atoms with Crippen molar-refractivity contribution in [2.24, 2.45) is 50.2 Å². The van der Waals surface area contributed by atoms with Crippen molar-refractivity contribution in [1.82, 2.24) is 0 Å². The van der Waals surface area contributed by atoms with Crippen LogP contribution in [0.4, 0.5) is 0 Å². The fourth-order valence-electron chi connectivity index (χ4n) is 15.9. The molecule has 0 aromatic carbocycles. The number of rotatable bonds is 10. The lowest BCUT2D eigenvalue weighted by Gasteiger charge is -2.72. The van der Waals surface area contributed by atoms with E-state index in [1.165, 1.54) is 5.57 Å². The van der Waals surface area contributed by atoms with Gasteiger partial charge in [0.15, 0.2) is 31.3 Å². The summed E-state index contributed by atoms with van der Waals surface area (Å²) in [5.41, 5.74) is -1.87. The van der Waals surface area contributed by atoms with Gasteiger partial charge in [-0.1, -0.05) is 60.1 Å². The highest BCUT2D eigenvalue weighted by Crippen LogP contribution is 2.76. The molecule has 9 aliphatic rings. The van der Waals surface area contributed by atoms with Crippen LogP contribution in [0, 0.1) is 50.2 Å². The molecule has 0 bridgehead atoms. The number of aliphatic carboxylic acids is 1. The third kappa shape index (κ3) is 8.90. The van der Waals surface area contributed by atoms with Crippen molar-refractivity contribution >= 4 is 5.97 Å². The molecule has 5 unspecified atom stereocenters. The second-order valence-corrected chi connectivity index (χ2v) is 25.1. The maximum absolute atomic E-state index is 12.3. The Morgan fingerprint density at radius 2 is 1.18 bits per heavy atom. The minimum absolute atomic E-state index is 0.0653. The van der Waals surface area contributed by atoms with E-state index in [2.05, 4.69) is 33.8 Å². The van der Waals surface area contributed by atoms with Crippen molar-refractivity contribution in [1.29, 1.82) is 0 Å². The SMILES string of the molecule is CC1(C)CC2C3=CCC4[C@@]5(C)CCC(O[C@@H]6O[C@H](C(=O)O)[C@@H](O)[C@H](O)[C@H]6O[C@@H]6OC[C@H](O)[C@H](O)[C@H]6O)[C@](C)(CO)C5CC[C@@]4(C)C3(C)CC[C@@]2(C)[C@H](O[C@@H]2OC[C@@H](O)[C@H](O[C@@H]3OC[C@@H](O)[C@H](O)[C@H]3O)[C@H]2O)[C@@H]1O. The van der Waals surface area contributed by atoms with Gasteiger partial charge < -0.3 is 104 Å². The topological polar surface area (TPSA) is 354 Å². The number of aliphatic hydroxyl groups excluding tert-OH is 12. The lowest BCUT2D eigenvalue weighted by molar-refractivity contribution is -0.367.